The van der Waals surface area contributed by atoms with Crippen LogP contribution in [0.5, 0.6) is 5.88 Å². The molecule has 1 atom stereocenters. The number of nitrogens with one attached hydrogen (secondary N) is 2. The van der Waals surface area contributed by atoms with Crippen molar-refractivity contribution in [3.63, 3.8) is 0 Å². The third kappa shape index (κ3) is 9.66. The number of aromatic nitrogens is 2. The Hall–Kier alpha value is -4.68. The molecule has 0 fully saturated rings. The predicted octanol–water partition coefficient (Wildman–Crippen LogP) is 6.64. The molecule has 1 aliphatic heterocycles. The molecule has 1 aromatic heterocycles. The van der Waals surface area contributed by atoms with Crippen LogP contribution in [0, 0.1) is 10.1 Å². The van der Waals surface area contributed by atoms with Gasteiger partial charge in [0.15, 0.2) is 0 Å². The van der Waals surface area contributed by atoms with Crippen LogP contribution in [0.15, 0.2) is 77.1 Å². The quantitative estimate of drug-likeness (QED) is 0.0693. The van der Waals surface area contributed by atoms with Crippen molar-refractivity contribution in [2.24, 2.45) is 0 Å². The van der Waals surface area contributed by atoms with Crippen LogP contribution < -0.4 is 10.1 Å². The van der Waals surface area contributed by atoms with Crippen molar-refractivity contribution >= 4 is 29.2 Å². The fourth-order valence-electron chi connectivity index (χ4n) is 5.23. The van der Waals surface area contributed by atoms with Crippen LogP contribution in [-0.4, -0.2) is 60.1 Å². The zero-order valence-corrected chi connectivity index (χ0v) is 27.4. The molecule has 0 aliphatic carbocycles. The summed E-state index contributed by atoms with van der Waals surface area (Å²) in [5.41, 5.74) is 3.37. The van der Waals surface area contributed by atoms with Crippen LogP contribution in [0.25, 0.3) is 11.3 Å². The van der Waals surface area contributed by atoms with Gasteiger partial charge in [-0.1, -0.05) is 35.9 Å². The number of allylic oxidation sites excluding steroid dienone is 2. The fraction of sp³-hybridized carbons (Fsp3) is 0.382. The number of aromatic amines is 1. The zero-order valence-electron chi connectivity index (χ0n) is 26.7. The second-order valence-corrected chi connectivity index (χ2v) is 11.3. The number of dihydropyridines is 1. The van der Waals surface area contributed by atoms with Crippen molar-refractivity contribution < 1.29 is 33.5 Å². The number of ether oxygens (including phenoxy) is 4. The van der Waals surface area contributed by atoms with Crippen LogP contribution >= 0.6 is 11.6 Å². The van der Waals surface area contributed by atoms with Gasteiger partial charge < -0.3 is 24.3 Å². The molecule has 0 saturated heterocycles. The number of nitro benzene ring substituents is 1. The van der Waals surface area contributed by atoms with E-state index in [9.17, 15) is 19.7 Å². The van der Waals surface area contributed by atoms with Gasteiger partial charge in [0.2, 0.25) is 5.88 Å². The molecule has 0 saturated carbocycles. The second kappa shape index (κ2) is 17.3. The summed E-state index contributed by atoms with van der Waals surface area (Å²) in [5.74, 6) is -1.68. The van der Waals surface area contributed by atoms with E-state index in [4.69, 9.17) is 30.5 Å². The van der Waals surface area contributed by atoms with Crippen molar-refractivity contribution in [1.82, 2.24) is 15.5 Å². The Morgan fingerprint density at radius 2 is 1.55 bits per heavy atom. The molecule has 3 aromatic rings. The highest BCUT2D eigenvalue weighted by Crippen LogP contribution is 2.40. The number of carbonyl (C=O) groups is 2. The van der Waals surface area contributed by atoms with Crippen LogP contribution in [0.4, 0.5) is 5.69 Å². The number of benzene rings is 2. The number of hydrogen-bond donors (Lipinski definition) is 2. The van der Waals surface area contributed by atoms with Crippen molar-refractivity contribution in [2.75, 3.05) is 33.0 Å². The van der Waals surface area contributed by atoms with Gasteiger partial charge in [-0.25, -0.2) is 9.59 Å². The van der Waals surface area contributed by atoms with Gasteiger partial charge in [-0.05, 0) is 69.7 Å². The SMILES string of the molecule is CCOCCOC(=O)C1=C(C)NC(C)=C(C(=O)OCCCCCCOc2cc(-c3ccc(Cl)cc3)[nH]n2)C1c1cccc([N+](=O)[O-])c1. The van der Waals surface area contributed by atoms with Gasteiger partial charge in [0.1, 0.15) is 6.61 Å². The summed E-state index contributed by atoms with van der Waals surface area (Å²) >= 11 is 5.96. The number of unbranched alkanes of at least 4 members (excludes halogenated alkanes) is 3. The molecule has 2 heterocycles. The van der Waals surface area contributed by atoms with Crippen LogP contribution in [-0.2, 0) is 23.8 Å². The largest absolute Gasteiger partial charge is 0.477 e. The Morgan fingerprint density at radius 1 is 0.894 bits per heavy atom. The summed E-state index contributed by atoms with van der Waals surface area (Å²) < 4.78 is 22.2. The van der Waals surface area contributed by atoms with Gasteiger partial charge in [-0.2, -0.15) is 0 Å². The van der Waals surface area contributed by atoms with E-state index in [1.807, 2.05) is 37.3 Å². The number of rotatable bonds is 17. The maximum absolute atomic E-state index is 13.5. The van der Waals surface area contributed by atoms with Crippen molar-refractivity contribution in [3.8, 4) is 17.1 Å². The van der Waals surface area contributed by atoms with Crippen molar-refractivity contribution in [1.29, 1.82) is 0 Å². The molecular weight excluding hydrogens is 628 g/mol. The number of H-pyrrole nitrogens is 1. The van der Waals surface area contributed by atoms with Crippen LogP contribution in [0.1, 0.15) is 57.9 Å². The molecule has 2 aromatic carbocycles. The molecule has 4 rings (SSSR count). The topological polar surface area (TPSA) is 155 Å². The molecule has 12 nitrogen and oxygen atoms in total. The number of non-ortho nitro benzene ring substituents is 1. The Bertz CT molecular complexity index is 1620. The smallest absolute Gasteiger partial charge is 0.336 e. The van der Waals surface area contributed by atoms with Gasteiger partial charge in [-0.15, -0.1) is 5.10 Å². The van der Waals surface area contributed by atoms with E-state index in [-0.39, 0.29) is 36.7 Å². The first-order chi connectivity index (χ1) is 22.7. The van der Waals surface area contributed by atoms with E-state index in [2.05, 4.69) is 15.5 Å². The Balaban J connectivity index is 1.31. The normalized spacial score (nSPS) is 14.5. The average Bonchev–Trinajstić information content (AvgIpc) is 3.53. The van der Waals surface area contributed by atoms with E-state index in [0.29, 0.717) is 47.5 Å². The molecular formula is C34H39ClN4O8. The lowest BCUT2D eigenvalue weighted by Crippen LogP contribution is -2.33. The van der Waals surface area contributed by atoms with Crippen LogP contribution in [0.2, 0.25) is 5.02 Å². The Morgan fingerprint density at radius 3 is 2.21 bits per heavy atom. The monoisotopic (exact) mass is 666 g/mol. The highest BCUT2D eigenvalue weighted by Gasteiger charge is 2.38. The third-order valence-electron chi connectivity index (χ3n) is 7.51. The summed E-state index contributed by atoms with van der Waals surface area (Å²) in [6.45, 7) is 6.60. The molecule has 0 radical (unpaired) electrons. The minimum absolute atomic E-state index is 0.0186. The molecule has 1 unspecified atom stereocenters. The van der Waals surface area contributed by atoms with Gasteiger partial charge in [0.05, 0.1) is 47.5 Å². The number of halogens is 1. The number of carbonyl (C=O) groups excluding carboxylic acids is 2. The van der Waals surface area contributed by atoms with E-state index in [1.165, 1.54) is 18.2 Å². The van der Waals surface area contributed by atoms with Crippen molar-refractivity contribution in [3.05, 3.63) is 97.8 Å². The highest BCUT2D eigenvalue weighted by atomic mass is 35.5. The van der Waals surface area contributed by atoms with Crippen molar-refractivity contribution in [2.45, 2.75) is 52.4 Å². The molecule has 0 bridgehead atoms. The van der Waals surface area contributed by atoms with Gasteiger partial charge >= 0.3 is 11.9 Å². The Labute approximate surface area is 278 Å². The van der Waals surface area contributed by atoms with Gasteiger partial charge in [0.25, 0.3) is 5.69 Å². The molecule has 47 heavy (non-hydrogen) atoms. The van der Waals surface area contributed by atoms with Gasteiger partial charge in [0, 0.05) is 41.2 Å². The number of nitro groups is 1. The highest BCUT2D eigenvalue weighted by molar-refractivity contribution is 6.30. The first-order valence-electron chi connectivity index (χ1n) is 15.5. The number of hydrogen-bond acceptors (Lipinski definition) is 10. The summed E-state index contributed by atoms with van der Waals surface area (Å²) in [4.78, 5) is 37.9. The lowest BCUT2D eigenvalue weighted by Gasteiger charge is -2.30. The molecule has 1 aliphatic rings. The number of esters is 2. The number of nitrogens with zero attached hydrogens (tertiary/aromatic N) is 2. The Kier molecular flexibility index (Phi) is 12.9. The zero-order chi connectivity index (χ0) is 33.8. The minimum atomic E-state index is -0.928. The maximum atomic E-state index is 13.5. The standard InChI is InChI=1S/C34H39ClN4O8/c1-4-44-18-19-47-34(41)31-23(3)36-22(2)30(32(31)25-10-9-11-27(20-25)39(42)43)33(40)46-17-8-6-5-7-16-45-29-21-28(37-38-29)24-12-14-26(35)15-13-24/h9-15,20-21,32,36H,4-8,16-19H2,1-3H3,(H,37,38). The van der Waals surface area contributed by atoms with Crippen LogP contribution in [0.3, 0.4) is 0 Å². The molecule has 2 N–H and O–H groups in total. The molecule has 0 spiro atoms. The summed E-state index contributed by atoms with van der Waals surface area (Å²) in [5, 5.41) is 22.5. The summed E-state index contributed by atoms with van der Waals surface area (Å²) in [7, 11) is 0. The lowest BCUT2D eigenvalue weighted by atomic mass is 9.80. The first kappa shape index (κ1) is 35.2. The van der Waals surface area contributed by atoms with E-state index in [0.717, 1.165) is 30.5 Å². The lowest BCUT2D eigenvalue weighted by molar-refractivity contribution is -0.384. The molecule has 0 amide bonds. The predicted molar refractivity (Wildman–Crippen MR) is 176 cm³/mol. The van der Waals surface area contributed by atoms with E-state index in [1.54, 1.807) is 19.9 Å². The maximum Gasteiger partial charge on any atom is 0.336 e. The fourth-order valence-corrected chi connectivity index (χ4v) is 5.36. The summed E-state index contributed by atoms with van der Waals surface area (Å²) in [6.07, 6.45) is 3.07. The van der Waals surface area contributed by atoms with E-state index < -0.39 is 22.8 Å². The molecule has 250 valence electrons. The van der Waals surface area contributed by atoms with Gasteiger partial charge in [-0.3, -0.25) is 15.2 Å². The third-order valence-corrected chi connectivity index (χ3v) is 7.76. The molecule has 13 heteroatoms. The average molecular weight is 667 g/mol. The summed E-state index contributed by atoms with van der Waals surface area (Å²) in [6, 6.07) is 15.2. The first-order valence-corrected chi connectivity index (χ1v) is 15.9. The minimum Gasteiger partial charge on any atom is -0.477 e. The van der Waals surface area contributed by atoms with E-state index >= 15 is 0 Å². The second-order valence-electron chi connectivity index (χ2n) is 10.8.